The van der Waals surface area contributed by atoms with Crippen molar-refractivity contribution in [3.05, 3.63) is 0 Å². The van der Waals surface area contributed by atoms with Crippen LogP contribution in [0.3, 0.4) is 0 Å². The van der Waals surface area contributed by atoms with Crippen molar-refractivity contribution in [1.82, 2.24) is 4.13 Å². The summed E-state index contributed by atoms with van der Waals surface area (Å²) < 4.78 is 127. The standard InChI is InChI=1S/C4H5F6NO5S3/c1-17(12)3(7,8)2(5,6)4(9,10)19(15,16)11-18(13)14/h11H,1H3,(H,13,14). The van der Waals surface area contributed by atoms with Gasteiger partial charge in [0.1, 0.15) is 0 Å². The monoisotopic (exact) mass is 357 g/mol. The Morgan fingerprint density at radius 2 is 1.42 bits per heavy atom. The van der Waals surface area contributed by atoms with E-state index in [0.717, 1.165) is 0 Å². The zero-order valence-corrected chi connectivity index (χ0v) is 11.0. The molecule has 0 bridgehead atoms. The van der Waals surface area contributed by atoms with E-state index in [4.69, 9.17) is 4.55 Å². The van der Waals surface area contributed by atoms with Crippen molar-refractivity contribution in [2.45, 2.75) is 16.4 Å². The Hall–Kier alpha value is -0.250. The first-order chi connectivity index (χ1) is 8.11. The highest BCUT2D eigenvalue weighted by molar-refractivity contribution is 8.00. The molecule has 2 N–H and O–H groups in total. The zero-order chi connectivity index (χ0) is 15.9. The predicted molar refractivity (Wildman–Crippen MR) is 51.7 cm³/mol. The van der Waals surface area contributed by atoms with E-state index in [2.05, 4.69) is 0 Å². The molecule has 0 fully saturated rings. The van der Waals surface area contributed by atoms with Gasteiger partial charge in [-0.2, -0.15) is 26.3 Å². The van der Waals surface area contributed by atoms with Gasteiger partial charge >= 0.3 is 16.4 Å². The maximum absolute atomic E-state index is 12.9. The molecule has 2 atom stereocenters. The highest BCUT2D eigenvalue weighted by Gasteiger charge is 2.79. The molecule has 2 unspecified atom stereocenters. The van der Waals surface area contributed by atoms with Crippen LogP contribution in [0.15, 0.2) is 0 Å². The molecule has 0 aromatic carbocycles. The van der Waals surface area contributed by atoms with E-state index in [9.17, 15) is 43.2 Å². The molecule has 0 saturated carbocycles. The third kappa shape index (κ3) is 3.09. The Morgan fingerprint density at radius 3 is 1.68 bits per heavy atom. The van der Waals surface area contributed by atoms with Crippen molar-refractivity contribution in [1.29, 1.82) is 0 Å². The van der Waals surface area contributed by atoms with Gasteiger partial charge in [-0.15, -0.1) is 4.13 Å². The summed E-state index contributed by atoms with van der Waals surface area (Å²) in [5.74, 6) is -6.58. The van der Waals surface area contributed by atoms with Crippen LogP contribution in [0.4, 0.5) is 26.3 Å². The summed E-state index contributed by atoms with van der Waals surface area (Å²) in [6, 6.07) is 0. The Labute approximate surface area is 107 Å². The number of halogens is 6. The lowest BCUT2D eigenvalue weighted by Gasteiger charge is -2.30. The topological polar surface area (TPSA) is 101 Å². The first-order valence-corrected chi connectivity index (χ1v) is 7.86. The zero-order valence-electron chi connectivity index (χ0n) is 8.57. The number of nitrogens with one attached hydrogen (secondary N) is 1. The molecular weight excluding hydrogens is 352 g/mol. The van der Waals surface area contributed by atoms with Crippen LogP contribution in [0.1, 0.15) is 0 Å². The van der Waals surface area contributed by atoms with E-state index in [1.807, 2.05) is 0 Å². The van der Waals surface area contributed by atoms with E-state index in [0.29, 0.717) is 0 Å². The summed E-state index contributed by atoms with van der Waals surface area (Å²) in [5, 5.41) is -12.4. The second kappa shape index (κ2) is 5.27. The highest BCUT2D eigenvalue weighted by Crippen LogP contribution is 2.49. The fraction of sp³-hybridized carbons (Fsp3) is 1.00. The highest BCUT2D eigenvalue weighted by atomic mass is 32.3. The first-order valence-electron chi connectivity index (χ1n) is 3.71. The quantitative estimate of drug-likeness (QED) is 0.524. The van der Waals surface area contributed by atoms with Crippen LogP contribution in [0, 0.1) is 0 Å². The van der Waals surface area contributed by atoms with Crippen LogP contribution in [0.5, 0.6) is 0 Å². The van der Waals surface area contributed by atoms with Crippen LogP contribution >= 0.6 is 0 Å². The van der Waals surface area contributed by atoms with Crippen LogP contribution in [-0.2, 0) is 32.1 Å². The summed E-state index contributed by atoms with van der Waals surface area (Å²) in [5.41, 5.74) is 0. The van der Waals surface area contributed by atoms with Gasteiger partial charge < -0.3 is 0 Å². The lowest BCUT2D eigenvalue weighted by molar-refractivity contribution is -0.242. The van der Waals surface area contributed by atoms with Gasteiger partial charge in [-0.05, 0) is 0 Å². The maximum atomic E-state index is 12.9. The minimum absolute atomic E-state index is 0.0474. The molecule has 15 heteroatoms. The van der Waals surface area contributed by atoms with E-state index < -0.39 is 48.5 Å². The number of hydrogen-bond acceptors (Lipinski definition) is 4. The summed E-state index contributed by atoms with van der Waals surface area (Å²) in [6.45, 7) is 0. The Bertz CT molecular complexity index is 503. The van der Waals surface area contributed by atoms with Crippen molar-refractivity contribution < 1.29 is 47.7 Å². The average molecular weight is 357 g/mol. The smallest absolute Gasteiger partial charge is 0.293 e. The first kappa shape index (κ1) is 18.8. The number of alkyl halides is 6. The average Bonchev–Trinajstić information content (AvgIpc) is 2.14. The molecule has 0 radical (unpaired) electrons. The molecule has 116 valence electrons. The molecule has 0 rings (SSSR count). The molecule has 0 spiro atoms. The summed E-state index contributed by atoms with van der Waals surface area (Å²) >= 11 is -3.73. The van der Waals surface area contributed by atoms with Crippen molar-refractivity contribution >= 4 is 32.1 Å². The SMILES string of the molecule is CS(=O)C(F)(F)C(F)(F)C(F)(F)S(=O)(=O)NS(=O)O. The number of hydrogen-bond donors (Lipinski definition) is 2. The van der Waals surface area contributed by atoms with Crippen LogP contribution < -0.4 is 4.13 Å². The molecule has 0 aliphatic heterocycles. The van der Waals surface area contributed by atoms with Crippen molar-refractivity contribution in [2.24, 2.45) is 0 Å². The molecular formula is C4H5F6NO5S3. The van der Waals surface area contributed by atoms with E-state index >= 15 is 0 Å². The minimum atomic E-state index is -6.63. The fourth-order valence-electron chi connectivity index (χ4n) is 0.665. The third-order valence-corrected chi connectivity index (χ3v) is 4.97. The van der Waals surface area contributed by atoms with E-state index in [-0.39, 0.29) is 10.4 Å². The maximum Gasteiger partial charge on any atom is 0.428 e. The second-order valence-corrected chi connectivity index (χ2v) is 7.00. The Kier molecular flexibility index (Phi) is 5.20. The second-order valence-electron chi connectivity index (χ2n) is 2.90. The number of sulfonamides is 1. The van der Waals surface area contributed by atoms with Gasteiger partial charge in [0, 0.05) is 6.26 Å². The Morgan fingerprint density at radius 1 is 1.05 bits per heavy atom. The van der Waals surface area contributed by atoms with Crippen molar-refractivity contribution in [3.8, 4) is 0 Å². The molecule has 0 aliphatic rings. The van der Waals surface area contributed by atoms with Crippen molar-refractivity contribution in [2.75, 3.05) is 6.26 Å². The van der Waals surface area contributed by atoms with Crippen LogP contribution in [0.2, 0.25) is 0 Å². The van der Waals surface area contributed by atoms with Crippen molar-refractivity contribution in [3.63, 3.8) is 0 Å². The summed E-state index contributed by atoms with van der Waals surface area (Å²) in [7, 11) is -10.5. The normalized spacial score (nSPS) is 18.1. The van der Waals surface area contributed by atoms with Gasteiger partial charge in [-0.1, -0.05) is 0 Å². The fourth-order valence-corrected chi connectivity index (χ4v) is 2.85. The minimum Gasteiger partial charge on any atom is -0.293 e. The van der Waals surface area contributed by atoms with Gasteiger partial charge in [0.2, 0.25) is 11.3 Å². The van der Waals surface area contributed by atoms with Crippen LogP contribution in [-0.4, -0.2) is 44.1 Å². The molecule has 0 aliphatic carbocycles. The van der Waals surface area contributed by atoms with Gasteiger partial charge in [0.05, 0.1) is 10.8 Å². The summed E-state index contributed by atoms with van der Waals surface area (Å²) in [4.78, 5) is 0. The van der Waals surface area contributed by atoms with Gasteiger partial charge in [0.25, 0.3) is 10.0 Å². The molecule has 6 nitrogen and oxygen atoms in total. The lowest BCUT2D eigenvalue weighted by atomic mass is 10.3. The molecule has 0 amide bonds. The van der Waals surface area contributed by atoms with E-state index in [1.165, 1.54) is 0 Å². The Balaban J connectivity index is 5.91. The van der Waals surface area contributed by atoms with Gasteiger partial charge in [-0.25, -0.2) is 12.6 Å². The largest absolute Gasteiger partial charge is 0.428 e. The molecule has 19 heavy (non-hydrogen) atoms. The van der Waals surface area contributed by atoms with Crippen LogP contribution in [0.25, 0.3) is 0 Å². The van der Waals surface area contributed by atoms with Gasteiger partial charge in [-0.3, -0.25) is 8.76 Å². The predicted octanol–water partition coefficient (Wildman–Crippen LogP) is 0.242. The lowest BCUT2D eigenvalue weighted by Crippen LogP contribution is -2.61. The van der Waals surface area contributed by atoms with Gasteiger partial charge in [0.15, 0.2) is 0 Å². The molecule has 0 heterocycles. The third-order valence-electron chi connectivity index (χ3n) is 1.61. The number of rotatable bonds is 6. The molecule has 0 aromatic rings. The summed E-state index contributed by atoms with van der Waals surface area (Å²) in [6.07, 6.45) is -0.0474. The molecule has 0 aromatic heterocycles. The molecule has 0 saturated heterocycles. The van der Waals surface area contributed by atoms with E-state index in [1.54, 1.807) is 0 Å².